The molecule has 7 nitrogen and oxygen atoms in total. The molecule has 1 amide bonds. The van der Waals surface area contributed by atoms with Crippen molar-refractivity contribution in [2.24, 2.45) is 4.99 Å². The summed E-state index contributed by atoms with van der Waals surface area (Å²) in [4.78, 5) is 17.5. The van der Waals surface area contributed by atoms with Crippen LogP contribution in [0.5, 0.6) is 0 Å². The molecule has 0 atom stereocenters. The second-order valence-electron chi connectivity index (χ2n) is 6.49. The van der Waals surface area contributed by atoms with E-state index in [4.69, 9.17) is 27.9 Å². The van der Waals surface area contributed by atoms with Crippen molar-refractivity contribution in [2.75, 3.05) is 27.8 Å². The number of halogens is 2. The molecular formula is C19H19Cl2N3O4S2. The second-order valence-corrected chi connectivity index (χ2v) is 10.5. The normalized spacial score (nSPS) is 12.8. The number of benzene rings is 2. The molecule has 0 aliphatic rings. The fourth-order valence-corrected chi connectivity index (χ4v) is 5.47. The molecule has 160 valence electrons. The van der Waals surface area contributed by atoms with Crippen molar-refractivity contribution in [3.8, 4) is 0 Å². The molecule has 0 radical (unpaired) electrons. The van der Waals surface area contributed by atoms with Gasteiger partial charge in [0.15, 0.2) is 4.80 Å². The van der Waals surface area contributed by atoms with Crippen LogP contribution in [0.2, 0.25) is 10.0 Å². The maximum absolute atomic E-state index is 12.7. The van der Waals surface area contributed by atoms with Crippen LogP contribution in [0.3, 0.4) is 0 Å². The zero-order valence-corrected chi connectivity index (χ0v) is 19.6. The number of thiazole rings is 1. The van der Waals surface area contributed by atoms with Gasteiger partial charge in [0.2, 0.25) is 10.0 Å². The minimum Gasteiger partial charge on any atom is -0.383 e. The van der Waals surface area contributed by atoms with Gasteiger partial charge in [0.05, 0.1) is 26.7 Å². The number of ether oxygens (including phenoxy) is 1. The van der Waals surface area contributed by atoms with Crippen LogP contribution in [0, 0.1) is 0 Å². The number of fused-ring (bicyclic) bond motifs is 1. The third kappa shape index (κ3) is 4.61. The number of sulfonamides is 1. The minimum atomic E-state index is -3.57. The molecule has 0 N–H and O–H groups in total. The van der Waals surface area contributed by atoms with Crippen molar-refractivity contribution < 1.29 is 17.9 Å². The van der Waals surface area contributed by atoms with Crippen LogP contribution in [0.15, 0.2) is 46.3 Å². The van der Waals surface area contributed by atoms with Gasteiger partial charge in [-0.05, 0) is 36.4 Å². The summed E-state index contributed by atoms with van der Waals surface area (Å²) in [7, 11) is 0.901. The fourth-order valence-electron chi connectivity index (χ4n) is 2.74. The van der Waals surface area contributed by atoms with E-state index >= 15 is 0 Å². The first-order valence-electron chi connectivity index (χ1n) is 8.74. The lowest BCUT2D eigenvalue weighted by molar-refractivity contribution is 0.0997. The van der Waals surface area contributed by atoms with Gasteiger partial charge in [-0.3, -0.25) is 4.79 Å². The largest absolute Gasteiger partial charge is 0.383 e. The smallest absolute Gasteiger partial charge is 0.279 e. The molecule has 3 rings (SSSR count). The van der Waals surface area contributed by atoms with E-state index in [2.05, 4.69) is 4.99 Å². The van der Waals surface area contributed by atoms with Crippen molar-refractivity contribution in [3.63, 3.8) is 0 Å². The van der Waals surface area contributed by atoms with Crippen molar-refractivity contribution in [1.29, 1.82) is 0 Å². The molecule has 1 aromatic heterocycles. The van der Waals surface area contributed by atoms with Gasteiger partial charge in [-0.25, -0.2) is 12.7 Å². The monoisotopic (exact) mass is 487 g/mol. The number of amides is 1. The van der Waals surface area contributed by atoms with Gasteiger partial charge in [-0.2, -0.15) is 4.99 Å². The quantitative estimate of drug-likeness (QED) is 0.531. The third-order valence-corrected chi connectivity index (χ3v) is 7.65. The van der Waals surface area contributed by atoms with E-state index in [1.807, 2.05) is 4.57 Å². The number of methoxy groups -OCH3 is 1. The highest BCUT2D eigenvalue weighted by Crippen LogP contribution is 2.29. The van der Waals surface area contributed by atoms with Gasteiger partial charge in [-0.15, -0.1) is 0 Å². The third-order valence-electron chi connectivity index (χ3n) is 4.29. The lowest BCUT2D eigenvalue weighted by Gasteiger charge is -2.11. The van der Waals surface area contributed by atoms with E-state index in [9.17, 15) is 13.2 Å². The van der Waals surface area contributed by atoms with E-state index in [1.165, 1.54) is 49.7 Å². The van der Waals surface area contributed by atoms with Gasteiger partial charge < -0.3 is 9.30 Å². The van der Waals surface area contributed by atoms with Crippen LogP contribution in [0.1, 0.15) is 10.4 Å². The summed E-state index contributed by atoms with van der Waals surface area (Å²) < 4.78 is 33.3. The molecule has 3 aromatic rings. The first kappa shape index (κ1) is 22.9. The van der Waals surface area contributed by atoms with Crippen LogP contribution in [-0.2, 0) is 21.3 Å². The molecule has 1 heterocycles. The van der Waals surface area contributed by atoms with E-state index in [0.717, 1.165) is 14.5 Å². The Morgan fingerprint density at radius 3 is 2.47 bits per heavy atom. The average Bonchev–Trinajstić information content (AvgIpc) is 3.03. The number of hydrogen-bond acceptors (Lipinski definition) is 5. The van der Waals surface area contributed by atoms with E-state index < -0.39 is 15.9 Å². The van der Waals surface area contributed by atoms with Gasteiger partial charge in [-0.1, -0.05) is 34.5 Å². The molecule has 2 aromatic carbocycles. The summed E-state index contributed by atoms with van der Waals surface area (Å²) in [5.74, 6) is -0.497. The number of rotatable bonds is 6. The van der Waals surface area contributed by atoms with Crippen molar-refractivity contribution in [1.82, 2.24) is 8.87 Å². The van der Waals surface area contributed by atoms with Crippen molar-refractivity contribution in [2.45, 2.75) is 11.4 Å². The standard InChI is InChI=1S/C19H19Cl2N3O4S2/c1-23(2)30(26,27)14-6-4-12(5-7-14)18(25)22-19-24(8-9-28-3)17-15(21)10-13(20)11-16(17)29-19/h4-7,10-11H,8-9H2,1-3H3. The molecule has 0 spiro atoms. The molecule has 0 saturated heterocycles. The fraction of sp³-hybridized carbons (Fsp3) is 0.263. The number of carbonyl (C=O) groups excluding carboxylic acids is 1. The Balaban J connectivity index is 2.06. The second kappa shape index (κ2) is 9.17. The van der Waals surface area contributed by atoms with E-state index in [0.29, 0.717) is 28.0 Å². The summed E-state index contributed by atoms with van der Waals surface area (Å²) in [5, 5.41) is 0.945. The lowest BCUT2D eigenvalue weighted by Crippen LogP contribution is -2.22. The summed E-state index contributed by atoms with van der Waals surface area (Å²) >= 11 is 13.8. The van der Waals surface area contributed by atoms with Crippen molar-refractivity contribution >= 4 is 60.7 Å². The molecule has 0 fully saturated rings. The molecule has 30 heavy (non-hydrogen) atoms. The number of aromatic nitrogens is 1. The molecule has 11 heteroatoms. The number of nitrogens with zero attached hydrogens (tertiary/aromatic N) is 3. The first-order chi connectivity index (χ1) is 14.1. The molecule has 0 aliphatic heterocycles. The summed E-state index contributed by atoms with van der Waals surface area (Å²) in [6.07, 6.45) is 0. The highest BCUT2D eigenvalue weighted by Gasteiger charge is 2.18. The maximum Gasteiger partial charge on any atom is 0.279 e. The Kier molecular flexibility index (Phi) is 7.01. The predicted octanol–water partition coefficient (Wildman–Crippen LogP) is 3.65. The zero-order valence-electron chi connectivity index (χ0n) is 16.4. The van der Waals surface area contributed by atoms with Crippen LogP contribution in [0.25, 0.3) is 10.2 Å². The Morgan fingerprint density at radius 1 is 1.20 bits per heavy atom. The highest BCUT2D eigenvalue weighted by atomic mass is 35.5. The molecule has 0 aliphatic carbocycles. The van der Waals surface area contributed by atoms with Crippen LogP contribution in [-0.4, -0.2) is 51.0 Å². The topological polar surface area (TPSA) is 81.0 Å². The molecule has 0 bridgehead atoms. The number of hydrogen-bond donors (Lipinski definition) is 0. The van der Waals surface area contributed by atoms with Gasteiger partial charge in [0.25, 0.3) is 5.91 Å². The van der Waals surface area contributed by atoms with Crippen LogP contribution in [0.4, 0.5) is 0 Å². The molecule has 0 saturated carbocycles. The van der Waals surface area contributed by atoms with Gasteiger partial charge >= 0.3 is 0 Å². The van der Waals surface area contributed by atoms with Crippen LogP contribution < -0.4 is 4.80 Å². The lowest BCUT2D eigenvalue weighted by atomic mass is 10.2. The number of carbonyl (C=O) groups is 1. The van der Waals surface area contributed by atoms with Gasteiger partial charge in [0.1, 0.15) is 0 Å². The predicted molar refractivity (Wildman–Crippen MR) is 119 cm³/mol. The molecular weight excluding hydrogens is 469 g/mol. The van der Waals surface area contributed by atoms with Crippen LogP contribution >= 0.6 is 34.5 Å². The van der Waals surface area contributed by atoms with E-state index in [1.54, 1.807) is 19.2 Å². The highest BCUT2D eigenvalue weighted by molar-refractivity contribution is 7.89. The Bertz CT molecular complexity index is 1260. The van der Waals surface area contributed by atoms with E-state index in [-0.39, 0.29) is 10.5 Å². The summed E-state index contributed by atoms with van der Waals surface area (Å²) in [6, 6.07) is 9.06. The Morgan fingerprint density at radius 2 is 1.87 bits per heavy atom. The Labute approximate surface area is 188 Å². The van der Waals surface area contributed by atoms with Crippen molar-refractivity contribution in [3.05, 3.63) is 56.8 Å². The summed E-state index contributed by atoms with van der Waals surface area (Å²) in [6.45, 7) is 0.854. The average molecular weight is 488 g/mol. The minimum absolute atomic E-state index is 0.0995. The molecule has 0 unspecified atom stereocenters. The van der Waals surface area contributed by atoms with Gasteiger partial charge in [0, 0.05) is 38.3 Å². The summed E-state index contributed by atoms with van der Waals surface area (Å²) in [5.41, 5.74) is 0.995. The maximum atomic E-state index is 12.7. The Hall–Kier alpha value is -1.75. The SMILES string of the molecule is COCCn1c(=NC(=O)c2ccc(S(=O)(=O)N(C)C)cc2)sc2cc(Cl)cc(Cl)c21. The zero-order chi connectivity index (χ0) is 22.1. The first-order valence-corrected chi connectivity index (χ1v) is 11.8.